The summed E-state index contributed by atoms with van der Waals surface area (Å²) < 4.78 is 26.4. The van der Waals surface area contributed by atoms with Crippen molar-refractivity contribution in [3.63, 3.8) is 0 Å². The number of allylic oxidation sites excluding steroid dienone is 12. The molecule has 0 radical (unpaired) electrons. The van der Waals surface area contributed by atoms with E-state index in [1.54, 1.807) is 0 Å². The summed E-state index contributed by atoms with van der Waals surface area (Å²) in [5.74, 6) is -0.978. The lowest BCUT2D eigenvalue weighted by Gasteiger charge is -2.18. The summed E-state index contributed by atoms with van der Waals surface area (Å²) in [6.45, 7) is 3.54. The van der Waals surface area contributed by atoms with Gasteiger partial charge in [-0.15, -0.1) is 0 Å². The van der Waals surface area contributed by atoms with E-state index in [9.17, 15) is 14.2 Å². The van der Waals surface area contributed by atoms with Crippen molar-refractivity contribution in [2.24, 2.45) is 0 Å². The first-order valence-electron chi connectivity index (χ1n) is 24.2. The minimum Gasteiger partial charge on any atom is -0.462 e. The fourth-order valence-electron chi connectivity index (χ4n) is 6.69. The van der Waals surface area contributed by atoms with Crippen LogP contribution in [0.1, 0.15) is 219 Å². The topological polar surface area (TPSA) is 119 Å². The monoisotopic (exact) mass is 861 g/mol. The molecule has 1 unspecified atom stereocenters. The lowest BCUT2D eigenvalue weighted by Crippen LogP contribution is -2.29. The predicted octanol–water partition coefficient (Wildman–Crippen LogP) is 15.4. The molecule has 0 rings (SSSR count). The van der Waals surface area contributed by atoms with Crippen LogP contribution in [0.5, 0.6) is 0 Å². The zero-order valence-electron chi connectivity index (χ0n) is 38.3. The molecule has 1 atom stereocenters. The van der Waals surface area contributed by atoms with Crippen molar-refractivity contribution in [3.8, 4) is 0 Å². The molecule has 0 saturated heterocycles. The standard InChI is InChI=1S/C51H89O8P/c1-3-5-7-9-11-13-15-17-19-21-23-24-25-26-28-29-31-33-35-37-39-41-43-45-50(52)57-47-49(48-58-60(54,55)56)59-51(53)46-44-42-40-38-36-34-32-30-27-22-20-18-16-14-12-10-8-6-4-2/h6,8,12,14,18,20,27,30,34,36,40,42,49H,3-5,7,9-11,13,15-17,19,21-26,28-29,31-33,35,37-39,41,43-48H2,1-2H3,(H2,54,55,56)/b8-6-,14-12-,20-18-,30-27-,36-34-,42-40-. The number of carbonyl (C=O) groups is 2. The van der Waals surface area contributed by atoms with E-state index in [-0.39, 0.29) is 19.4 Å². The fraction of sp³-hybridized carbons (Fsp3) is 0.725. The van der Waals surface area contributed by atoms with Crippen LogP contribution in [-0.2, 0) is 28.2 Å². The number of rotatable bonds is 44. The number of ether oxygens (including phenoxy) is 2. The third kappa shape index (κ3) is 48.2. The van der Waals surface area contributed by atoms with Crippen LogP contribution in [0.2, 0.25) is 0 Å². The first-order chi connectivity index (χ1) is 29.3. The highest BCUT2D eigenvalue weighted by atomic mass is 31.2. The quantitative estimate of drug-likeness (QED) is 0.0269. The highest BCUT2D eigenvalue weighted by Gasteiger charge is 2.22. The van der Waals surface area contributed by atoms with Crippen molar-refractivity contribution >= 4 is 19.8 Å². The zero-order valence-corrected chi connectivity index (χ0v) is 39.2. The third-order valence-electron chi connectivity index (χ3n) is 10.3. The van der Waals surface area contributed by atoms with Gasteiger partial charge in [0.15, 0.2) is 6.10 Å². The number of hydrogen-bond acceptors (Lipinski definition) is 6. The van der Waals surface area contributed by atoms with E-state index < -0.39 is 32.5 Å². The molecule has 0 aliphatic rings. The molecule has 8 nitrogen and oxygen atoms in total. The van der Waals surface area contributed by atoms with Gasteiger partial charge in [-0.25, -0.2) is 4.57 Å². The van der Waals surface area contributed by atoms with Crippen LogP contribution < -0.4 is 0 Å². The highest BCUT2D eigenvalue weighted by molar-refractivity contribution is 7.46. The molecule has 0 heterocycles. The lowest BCUT2D eigenvalue weighted by molar-refractivity contribution is -0.161. The Morgan fingerprint density at radius 1 is 0.450 bits per heavy atom. The van der Waals surface area contributed by atoms with Crippen LogP contribution in [-0.4, -0.2) is 41.0 Å². The normalized spacial score (nSPS) is 13.1. The summed E-state index contributed by atoms with van der Waals surface area (Å²) in [5, 5.41) is 0. The summed E-state index contributed by atoms with van der Waals surface area (Å²) in [6, 6.07) is 0. The fourth-order valence-corrected chi connectivity index (χ4v) is 7.06. The van der Waals surface area contributed by atoms with Gasteiger partial charge >= 0.3 is 19.8 Å². The van der Waals surface area contributed by atoms with Gasteiger partial charge in [0, 0.05) is 12.8 Å². The van der Waals surface area contributed by atoms with E-state index in [0.717, 1.165) is 51.4 Å². The van der Waals surface area contributed by atoms with E-state index in [0.29, 0.717) is 12.8 Å². The van der Waals surface area contributed by atoms with Gasteiger partial charge in [0.1, 0.15) is 6.61 Å². The van der Waals surface area contributed by atoms with Crippen LogP contribution in [0.4, 0.5) is 0 Å². The SMILES string of the molecule is CC/C=C\C/C=C\C/C=C\C/C=C\C/C=C\C/C=C\CCC(=O)OC(COC(=O)CCCCCCCCCCCCCCCCCCCCCCCCC)COP(=O)(O)O. The van der Waals surface area contributed by atoms with Crippen LogP contribution >= 0.6 is 7.82 Å². The Morgan fingerprint density at radius 2 is 0.800 bits per heavy atom. The van der Waals surface area contributed by atoms with Crippen molar-refractivity contribution in [3.05, 3.63) is 72.9 Å². The number of hydrogen-bond donors (Lipinski definition) is 2. The number of esters is 2. The average molecular weight is 861 g/mol. The van der Waals surface area contributed by atoms with Crippen molar-refractivity contribution < 1.29 is 37.9 Å². The molecule has 0 aromatic rings. The van der Waals surface area contributed by atoms with E-state index in [1.165, 1.54) is 128 Å². The van der Waals surface area contributed by atoms with Crippen molar-refractivity contribution in [2.75, 3.05) is 13.2 Å². The maximum Gasteiger partial charge on any atom is 0.469 e. The Kier molecular flexibility index (Phi) is 44.1. The summed E-state index contributed by atoms with van der Waals surface area (Å²) in [6.07, 6.45) is 60.8. The van der Waals surface area contributed by atoms with Crippen molar-refractivity contribution in [2.45, 2.75) is 225 Å². The van der Waals surface area contributed by atoms with Gasteiger partial charge in [0.2, 0.25) is 0 Å². The second-order valence-electron chi connectivity index (χ2n) is 16.1. The Bertz CT molecular complexity index is 1200. The molecule has 0 fully saturated rings. The molecule has 0 amide bonds. The smallest absolute Gasteiger partial charge is 0.462 e. The molecule has 0 aliphatic carbocycles. The Balaban J connectivity index is 3.92. The molecule has 0 aliphatic heterocycles. The van der Waals surface area contributed by atoms with E-state index in [2.05, 4.69) is 79.1 Å². The van der Waals surface area contributed by atoms with E-state index in [4.69, 9.17) is 19.3 Å². The van der Waals surface area contributed by atoms with Gasteiger partial charge in [-0.1, -0.05) is 228 Å². The first kappa shape index (κ1) is 57.5. The molecule has 2 N–H and O–H groups in total. The Morgan fingerprint density at radius 3 is 1.17 bits per heavy atom. The number of phosphoric ester groups is 1. The van der Waals surface area contributed by atoms with Gasteiger partial charge in [-0.2, -0.15) is 0 Å². The summed E-state index contributed by atoms with van der Waals surface area (Å²) in [4.78, 5) is 43.0. The van der Waals surface area contributed by atoms with Crippen molar-refractivity contribution in [1.29, 1.82) is 0 Å². The molecule has 0 aromatic heterocycles. The molecular weight excluding hydrogens is 772 g/mol. The van der Waals surface area contributed by atoms with Crippen LogP contribution in [0, 0.1) is 0 Å². The highest BCUT2D eigenvalue weighted by Crippen LogP contribution is 2.36. The minimum atomic E-state index is -4.78. The largest absolute Gasteiger partial charge is 0.469 e. The molecule has 9 heteroatoms. The molecule has 0 spiro atoms. The van der Waals surface area contributed by atoms with Gasteiger partial charge in [0.05, 0.1) is 6.61 Å². The molecular formula is C51H89O8P. The minimum absolute atomic E-state index is 0.0853. The second-order valence-corrected chi connectivity index (χ2v) is 17.3. The van der Waals surface area contributed by atoms with Gasteiger partial charge in [0.25, 0.3) is 0 Å². The lowest BCUT2D eigenvalue weighted by atomic mass is 10.0. The zero-order chi connectivity index (χ0) is 43.9. The third-order valence-corrected chi connectivity index (χ3v) is 10.7. The van der Waals surface area contributed by atoms with Gasteiger partial charge in [-0.05, 0) is 51.4 Å². The first-order valence-corrected chi connectivity index (χ1v) is 25.8. The van der Waals surface area contributed by atoms with Crippen LogP contribution in [0.3, 0.4) is 0 Å². The Hall–Kier alpha value is -2.51. The maximum absolute atomic E-state index is 12.4. The average Bonchev–Trinajstić information content (AvgIpc) is 3.22. The molecule has 346 valence electrons. The molecule has 0 aromatic carbocycles. The van der Waals surface area contributed by atoms with Crippen LogP contribution in [0.15, 0.2) is 72.9 Å². The van der Waals surface area contributed by atoms with Crippen LogP contribution in [0.25, 0.3) is 0 Å². The van der Waals surface area contributed by atoms with E-state index >= 15 is 0 Å². The van der Waals surface area contributed by atoms with Crippen molar-refractivity contribution in [1.82, 2.24) is 0 Å². The summed E-state index contributed by atoms with van der Waals surface area (Å²) in [7, 11) is -4.78. The number of unbranched alkanes of at least 4 members (excludes halogenated alkanes) is 22. The summed E-state index contributed by atoms with van der Waals surface area (Å²) in [5.41, 5.74) is 0. The van der Waals surface area contributed by atoms with Gasteiger partial charge < -0.3 is 19.3 Å². The molecule has 60 heavy (non-hydrogen) atoms. The van der Waals surface area contributed by atoms with Gasteiger partial charge in [-0.3, -0.25) is 14.1 Å². The second kappa shape index (κ2) is 46.0. The predicted molar refractivity (Wildman–Crippen MR) is 253 cm³/mol. The summed E-state index contributed by atoms with van der Waals surface area (Å²) >= 11 is 0. The number of carbonyl (C=O) groups excluding carboxylic acids is 2. The molecule has 0 bridgehead atoms. The molecule has 0 saturated carbocycles. The van der Waals surface area contributed by atoms with E-state index in [1.807, 2.05) is 12.2 Å². The maximum atomic E-state index is 12.4. The Labute approximate surface area is 368 Å². The number of phosphoric acid groups is 1.